The first-order chi connectivity index (χ1) is 13.0. The van der Waals surface area contributed by atoms with Crippen LogP contribution in [-0.4, -0.2) is 47.0 Å². The van der Waals surface area contributed by atoms with Crippen molar-refractivity contribution in [3.05, 3.63) is 35.4 Å². The van der Waals surface area contributed by atoms with Crippen LogP contribution in [0.1, 0.15) is 64.4 Å². The molecule has 7 heteroatoms. The van der Waals surface area contributed by atoms with Crippen LogP contribution in [0.4, 0.5) is 4.79 Å². The maximum absolute atomic E-state index is 12.6. The number of nitrogens with zero attached hydrogens (tertiary/aromatic N) is 1. The molecule has 156 valence electrons. The number of hydrogen-bond acceptors (Lipinski definition) is 4. The summed E-state index contributed by atoms with van der Waals surface area (Å²) >= 11 is 0. The topological polar surface area (TPSA) is 87.7 Å². The highest BCUT2D eigenvalue weighted by Gasteiger charge is 2.27. The molecule has 0 aliphatic carbocycles. The van der Waals surface area contributed by atoms with Crippen molar-refractivity contribution in [3.63, 3.8) is 0 Å². The van der Waals surface area contributed by atoms with Crippen molar-refractivity contribution in [3.8, 4) is 0 Å². The second-order valence-electron chi connectivity index (χ2n) is 7.66. The van der Waals surface area contributed by atoms with Crippen molar-refractivity contribution in [1.82, 2.24) is 15.5 Å². The standard InChI is InChI=1S/C21H33N3O4/c1-13(2)23-21(27)22-12-17-8-10-18(11-9-17)20(26)28-16(7)19(25)24(14(3)4)15(5)6/h8-11,13-16H,12H2,1-7H3,(H2,22,23,27)/t16-/m1/s1. The Hall–Kier alpha value is -2.57. The fourth-order valence-corrected chi connectivity index (χ4v) is 2.85. The molecule has 0 unspecified atom stereocenters. The molecule has 0 radical (unpaired) electrons. The van der Waals surface area contributed by atoms with Crippen molar-refractivity contribution in [2.45, 2.75) is 79.2 Å². The first-order valence-corrected chi connectivity index (χ1v) is 9.69. The lowest BCUT2D eigenvalue weighted by atomic mass is 10.1. The van der Waals surface area contributed by atoms with Gasteiger partial charge in [0.05, 0.1) is 5.56 Å². The van der Waals surface area contributed by atoms with Crippen LogP contribution < -0.4 is 10.6 Å². The quantitative estimate of drug-likeness (QED) is 0.667. The zero-order chi connectivity index (χ0) is 21.4. The normalized spacial score (nSPS) is 12.1. The predicted octanol–water partition coefficient (Wildman–Crippen LogP) is 3.08. The molecule has 28 heavy (non-hydrogen) atoms. The molecule has 0 aliphatic rings. The van der Waals surface area contributed by atoms with Gasteiger partial charge in [-0.1, -0.05) is 12.1 Å². The van der Waals surface area contributed by atoms with E-state index >= 15 is 0 Å². The minimum atomic E-state index is -0.863. The molecule has 3 amide bonds. The summed E-state index contributed by atoms with van der Waals surface area (Å²) in [7, 11) is 0. The Morgan fingerprint density at radius 1 is 0.929 bits per heavy atom. The van der Waals surface area contributed by atoms with E-state index in [0.717, 1.165) is 5.56 Å². The first-order valence-electron chi connectivity index (χ1n) is 9.69. The fraction of sp³-hybridized carbons (Fsp3) is 0.571. The number of esters is 1. The predicted molar refractivity (Wildman–Crippen MR) is 109 cm³/mol. The Bertz CT molecular complexity index is 661. The van der Waals surface area contributed by atoms with Gasteiger partial charge in [0.15, 0.2) is 6.10 Å². The lowest BCUT2D eigenvalue weighted by molar-refractivity contribution is -0.143. The van der Waals surface area contributed by atoms with E-state index in [0.29, 0.717) is 12.1 Å². The van der Waals surface area contributed by atoms with Gasteiger partial charge in [0.1, 0.15) is 0 Å². The van der Waals surface area contributed by atoms with E-state index in [1.165, 1.54) is 0 Å². The third-order valence-corrected chi connectivity index (χ3v) is 4.06. The average Bonchev–Trinajstić information content (AvgIpc) is 2.59. The summed E-state index contributed by atoms with van der Waals surface area (Å²) in [4.78, 5) is 38.2. The Labute approximate surface area is 167 Å². The Kier molecular flexibility index (Phi) is 8.96. The SMILES string of the molecule is CC(C)NC(=O)NCc1ccc(C(=O)O[C@H](C)C(=O)N(C(C)C)C(C)C)cc1. The Morgan fingerprint density at radius 3 is 1.93 bits per heavy atom. The molecule has 1 aromatic carbocycles. The van der Waals surface area contributed by atoms with Gasteiger partial charge in [-0.2, -0.15) is 0 Å². The second kappa shape index (κ2) is 10.7. The van der Waals surface area contributed by atoms with E-state index in [4.69, 9.17) is 4.74 Å². The number of benzene rings is 1. The summed E-state index contributed by atoms with van der Waals surface area (Å²) in [6.07, 6.45) is -0.863. The highest BCUT2D eigenvalue weighted by molar-refractivity contribution is 5.92. The molecule has 1 aromatic rings. The summed E-state index contributed by atoms with van der Waals surface area (Å²) in [5.41, 5.74) is 1.21. The molecule has 0 bridgehead atoms. The van der Waals surface area contributed by atoms with Gasteiger partial charge < -0.3 is 20.3 Å². The van der Waals surface area contributed by atoms with Crippen molar-refractivity contribution in [2.24, 2.45) is 0 Å². The number of rotatable bonds is 8. The number of carbonyl (C=O) groups excluding carboxylic acids is 3. The molecule has 0 fully saturated rings. The van der Waals surface area contributed by atoms with Crippen LogP contribution in [0, 0.1) is 0 Å². The molecular formula is C21H33N3O4. The van der Waals surface area contributed by atoms with Crippen LogP contribution in [0.2, 0.25) is 0 Å². The first kappa shape index (κ1) is 23.5. The van der Waals surface area contributed by atoms with E-state index in [1.807, 2.05) is 41.5 Å². The minimum Gasteiger partial charge on any atom is -0.449 e. The van der Waals surface area contributed by atoms with Gasteiger partial charge in [-0.25, -0.2) is 9.59 Å². The molecular weight excluding hydrogens is 358 g/mol. The summed E-state index contributed by atoms with van der Waals surface area (Å²) in [5, 5.41) is 5.48. The van der Waals surface area contributed by atoms with Crippen LogP contribution in [0.15, 0.2) is 24.3 Å². The number of amides is 3. The highest BCUT2D eigenvalue weighted by atomic mass is 16.5. The lowest BCUT2D eigenvalue weighted by Gasteiger charge is -2.32. The van der Waals surface area contributed by atoms with Crippen molar-refractivity contribution in [2.75, 3.05) is 0 Å². The van der Waals surface area contributed by atoms with Crippen molar-refractivity contribution >= 4 is 17.9 Å². The molecule has 0 saturated carbocycles. The van der Waals surface area contributed by atoms with E-state index < -0.39 is 12.1 Å². The largest absolute Gasteiger partial charge is 0.449 e. The summed E-state index contributed by atoms with van der Waals surface area (Å²) in [6.45, 7) is 13.4. The maximum atomic E-state index is 12.6. The van der Waals surface area contributed by atoms with E-state index in [9.17, 15) is 14.4 Å². The number of urea groups is 1. The van der Waals surface area contributed by atoms with E-state index in [2.05, 4.69) is 10.6 Å². The van der Waals surface area contributed by atoms with E-state index in [1.54, 1.807) is 36.1 Å². The van der Waals surface area contributed by atoms with E-state index in [-0.39, 0.29) is 30.1 Å². The molecule has 1 atom stereocenters. The zero-order valence-corrected chi connectivity index (χ0v) is 17.9. The highest BCUT2D eigenvalue weighted by Crippen LogP contribution is 2.12. The zero-order valence-electron chi connectivity index (χ0n) is 17.9. The van der Waals surface area contributed by atoms with Crippen LogP contribution in [0.5, 0.6) is 0 Å². The van der Waals surface area contributed by atoms with Gasteiger partial charge in [-0.15, -0.1) is 0 Å². The number of carbonyl (C=O) groups is 3. The molecule has 0 aromatic heterocycles. The van der Waals surface area contributed by atoms with Crippen LogP contribution in [-0.2, 0) is 16.1 Å². The third-order valence-electron chi connectivity index (χ3n) is 4.06. The molecule has 0 heterocycles. The van der Waals surface area contributed by atoms with Crippen LogP contribution in [0.3, 0.4) is 0 Å². The molecule has 0 aliphatic heterocycles. The monoisotopic (exact) mass is 391 g/mol. The van der Waals surface area contributed by atoms with Gasteiger partial charge in [0.2, 0.25) is 0 Å². The average molecular weight is 392 g/mol. The Balaban J connectivity index is 2.65. The second-order valence-corrected chi connectivity index (χ2v) is 7.66. The van der Waals surface area contributed by atoms with Gasteiger partial charge in [-0.05, 0) is 66.2 Å². The summed E-state index contributed by atoms with van der Waals surface area (Å²) in [6, 6.07) is 6.59. The van der Waals surface area contributed by atoms with Gasteiger partial charge in [0.25, 0.3) is 5.91 Å². The number of nitrogens with one attached hydrogen (secondary N) is 2. The number of ether oxygens (including phenoxy) is 1. The van der Waals surface area contributed by atoms with Gasteiger partial charge in [0, 0.05) is 24.7 Å². The van der Waals surface area contributed by atoms with Crippen LogP contribution >= 0.6 is 0 Å². The number of hydrogen-bond donors (Lipinski definition) is 2. The van der Waals surface area contributed by atoms with Gasteiger partial charge >= 0.3 is 12.0 Å². The van der Waals surface area contributed by atoms with Crippen molar-refractivity contribution < 1.29 is 19.1 Å². The summed E-state index contributed by atoms with van der Waals surface area (Å²) < 4.78 is 5.35. The molecule has 0 saturated heterocycles. The maximum Gasteiger partial charge on any atom is 0.338 e. The molecule has 0 spiro atoms. The minimum absolute atomic E-state index is 0.0216. The molecule has 1 rings (SSSR count). The van der Waals surface area contributed by atoms with Crippen LogP contribution in [0.25, 0.3) is 0 Å². The Morgan fingerprint density at radius 2 is 1.46 bits per heavy atom. The molecule has 7 nitrogen and oxygen atoms in total. The smallest absolute Gasteiger partial charge is 0.338 e. The lowest BCUT2D eigenvalue weighted by Crippen LogP contribution is -2.47. The van der Waals surface area contributed by atoms with Gasteiger partial charge in [-0.3, -0.25) is 4.79 Å². The van der Waals surface area contributed by atoms with Crippen molar-refractivity contribution in [1.29, 1.82) is 0 Å². The third kappa shape index (κ3) is 7.21. The summed E-state index contributed by atoms with van der Waals surface area (Å²) in [5.74, 6) is -0.763. The molecule has 2 N–H and O–H groups in total. The fourth-order valence-electron chi connectivity index (χ4n) is 2.85.